The molecule has 1 fully saturated rings. The number of hydrogen-bond acceptors (Lipinski definition) is 0. The fourth-order valence-corrected chi connectivity index (χ4v) is 0.729. The van der Waals surface area contributed by atoms with Crippen molar-refractivity contribution in [2.24, 2.45) is 5.92 Å². The predicted octanol–water partition coefficient (Wildman–Crippen LogP) is 4.02. The highest BCUT2D eigenvalue weighted by Crippen LogP contribution is 2.12. The average Bonchev–Trinajstić information content (AvgIpc) is 2.71. The number of rotatable bonds is 4. The lowest BCUT2D eigenvalue weighted by Gasteiger charge is -2.00. The topological polar surface area (TPSA) is 0 Å². The Labute approximate surface area is 72.4 Å². The van der Waals surface area contributed by atoms with Crippen LogP contribution in [0, 0.1) is 19.3 Å². The Kier molecular flexibility index (Phi) is 8.10. The molecule has 2 radical (unpaired) electrons. The Morgan fingerprint density at radius 2 is 1.82 bits per heavy atom. The Balaban J connectivity index is 0.000000271. The summed E-state index contributed by atoms with van der Waals surface area (Å²) in [5.74, 6) is 0.876. The maximum atomic E-state index is 3.78. The summed E-state index contributed by atoms with van der Waals surface area (Å²) < 4.78 is 0. The third-order valence-electron chi connectivity index (χ3n) is 1.57. The molecular formula is C11H22. The van der Waals surface area contributed by atoms with Gasteiger partial charge in [0.05, 0.1) is 0 Å². The van der Waals surface area contributed by atoms with Crippen molar-refractivity contribution in [2.45, 2.75) is 52.4 Å². The van der Waals surface area contributed by atoms with Gasteiger partial charge in [-0.3, -0.25) is 0 Å². The van der Waals surface area contributed by atoms with Crippen molar-refractivity contribution < 1.29 is 0 Å². The van der Waals surface area contributed by atoms with Crippen molar-refractivity contribution in [3.63, 3.8) is 0 Å². The van der Waals surface area contributed by atoms with Crippen LogP contribution < -0.4 is 0 Å². The van der Waals surface area contributed by atoms with E-state index >= 15 is 0 Å². The van der Waals surface area contributed by atoms with E-state index in [0.717, 1.165) is 12.3 Å². The molecule has 1 saturated carbocycles. The SMILES string of the molecule is [CH2]CCCCC(C)C.[CH]1CC1. The molecule has 0 amide bonds. The van der Waals surface area contributed by atoms with Gasteiger partial charge >= 0.3 is 0 Å². The third kappa shape index (κ3) is 17.8. The normalized spacial score (nSPS) is 14.2. The first kappa shape index (κ1) is 11.0. The zero-order valence-electron chi connectivity index (χ0n) is 8.10. The van der Waals surface area contributed by atoms with E-state index in [4.69, 9.17) is 0 Å². The molecule has 1 aliphatic carbocycles. The summed E-state index contributed by atoms with van der Waals surface area (Å²) in [7, 11) is 0. The van der Waals surface area contributed by atoms with Crippen LogP contribution in [0.2, 0.25) is 0 Å². The van der Waals surface area contributed by atoms with Crippen LogP contribution >= 0.6 is 0 Å². The van der Waals surface area contributed by atoms with Crippen LogP contribution in [0.3, 0.4) is 0 Å². The van der Waals surface area contributed by atoms with Crippen LogP contribution in [-0.2, 0) is 0 Å². The largest absolute Gasteiger partial charge is 0.0628 e. The highest BCUT2D eigenvalue weighted by Gasteiger charge is 1.95. The zero-order chi connectivity index (χ0) is 8.53. The van der Waals surface area contributed by atoms with E-state index in [1.165, 1.54) is 32.1 Å². The van der Waals surface area contributed by atoms with Crippen molar-refractivity contribution in [1.29, 1.82) is 0 Å². The van der Waals surface area contributed by atoms with Gasteiger partial charge in [0.15, 0.2) is 0 Å². The lowest BCUT2D eigenvalue weighted by atomic mass is 10.1. The first-order valence-corrected chi connectivity index (χ1v) is 4.88. The average molecular weight is 154 g/mol. The summed E-state index contributed by atoms with van der Waals surface area (Å²) in [6.07, 6.45) is 10.1. The van der Waals surface area contributed by atoms with Gasteiger partial charge in [-0.05, 0) is 25.2 Å². The van der Waals surface area contributed by atoms with E-state index in [2.05, 4.69) is 27.2 Å². The van der Waals surface area contributed by atoms with Crippen molar-refractivity contribution in [3.05, 3.63) is 13.3 Å². The third-order valence-corrected chi connectivity index (χ3v) is 1.57. The molecule has 0 heteroatoms. The van der Waals surface area contributed by atoms with Gasteiger partial charge in [-0.1, -0.05) is 46.5 Å². The first-order valence-electron chi connectivity index (χ1n) is 4.88. The lowest BCUT2D eigenvalue weighted by molar-refractivity contribution is 0.540. The number of unbranched alkanes of at least 4 members (excludes halogenated alkanes) is 2. The molecule has 0 N–H and O–H groups in total. The van der Waals surface area contributed by atoms with Gasteiger partial charge in [-0.15, -0.1) is 0 Å². The Morgan fingerprint density at radius 1 is 1.27 bits per heavy atom. The summed E-state index contributed by atoms with van der Waals surface area (Å²) in [5.41, 5.74) is 0. The van der Waals surface area contributed by atoms with E-state index in [-0.39, 0.29) is 0 Å². The molecule has 0 heterocycles. The molecule has 0 aromatic carbocycles. The van der Waals surface area contributed by atoms with Crippen LogP contribution in [-0.4, -0.2) is 0 Å². The molecule has 66 valence electrons. The molecule has 0 nitrogen and oxygen atoms in total. The molecule has 0 atom stereocenters. The minimum absolute atomic E-state index is 0.876. The van der Waals surface area contributed by atoms with Gasteiger partial charge in [-0.2, -0.15) is 0 Å². The summed E-state index contributed by atoms with van der Waals surface area (Å²) in [6, 6.07) is 0. The van der Waals surface area contributed by atoms with Crippen molar-refractivity contribution in [3.8, 4) is 0 Å². The summed E-state index contributed by atoms with van der Waals surface area (Å²) in [4.78, 5) is 0. The van der Waals surface area contributed by atoms with Crippen LogP contribution in [0.25, 0.3) is 0 Å². The molecule has 0 aromatic heterocycles. The standard InChI is InChI=1S/C8H17.C3H5/c1-4-5-6-7-8(2)3;1-2-3-1/h8H,1,4-7H2,2-3H3;1H,2-3H2. The van der Waals surface area contributed by atoms with Gasteiger partial charge < -0.3 is 0 Å². The smallest absolute Gasteiger partial charge is 0.0386 e. The second-order valence-electron chi connectivity index (χ2n) is 3.61. The first-order chi connectivity index (χ1) is 5.27. The van der Waals surface area contributed by atoms with E-state index < -0.39 is 0 Å². The summed E-state index contributed by atoms with van der Waals surface area (Å²) in [6.45, 7) is 8.32. The highest BCUT2D eigenvalue weighted by molar-refractivity contribution is 4.79. The maximum absolute atomic E-state index is 3.78. The molecule has 0 unspecified atom stereocenters. The molecule has 0 bridgehead atoms. The van der Waals surface area contributed by atoms with E-state index in [1.807, 2.05) is 0 Å². The van der Waals surface area contributed by atoms with Gasteiger partial charge in [0.1, 0.15) is 0 Å². The van der Waals surface area contributed by atoms with E-state index in [1.54, 1.807) is 0 Å². The van der Waals surface area contributed by atoms with Crippen molar-refractivity contribution in [1.82, 2.24) is 0 Å². The molecule has 1 aliphatic rings. The van der Waals surface area contributed by atoms with Gasteiger partial charge in [0.2, 0.25) is 0 Å². The maximum Gasteiger partial charge on any atom is -0.0386 e. The van der Waals surface area contributed by atoms with E-state index in [9.17, 15) is 0 Å². The fourth-order valence-electron chi connectivity index (χ4n) is 0.729. The Bertz CT molecular complexity index is 59.7. The predicted molar refractivity (Wildman–Crippen MR) is 52.2 cm³/mol. The molecule has 1 rings (SSSR count). The zero-order valence-corrected chi connectivity index (χ0v) is 8.10. The Hall–Kier alpha value is 0. The second kappa shape index (κ2) is 8.10. The highest BCUT2D eigenvalue weighted by atomic mass is 14.0. The van der Waals surface area contributed by atoms with Crippen LogP contribution in [0.15, 0.2) is 0 Å². The molecule has 0 aliphatic heterocycles. The quantitative estimate of drug-likeness (QED) is 0.536. The molecule has 0 aromatic rings. The summed E-state index contributed by atoms with van der Waals surface area (Å²) >= 11 is 0. The van der Waals surface area contributed by atoms with Crippen LogP contribution in [0.1, 0.15) is 52.4 Å². The monoisotopic (exact) mass is 154 g/mol. The molecule has 11 heavy (non-hydrogen) atoms. The van der Waals surface area contributed by atoms with Gasteiger partial charge in [0.25, 0.3) is 0 Å². The van der Waals surface area contributed by atoms with Gasteiger partial charge in [0, 0.05) is 0 Å². The van der Waals surface area contributed by atoms with Crippen molar-refractivity contribution in [2.75, 3.05) is 0 Å². The molecule has 0 saturated heterocycles. The van der Waals surface area contributed by atoms with Crippen molar-refractivity contribution >= 4 is 0 Å². The van der Waals surface area contributed by atoms with Crippen LogP contribution in [0.4, 0.5) is 0 Å². The minimum Gasteiger partial charge on any atom is -0.0628 e. The lowest BCUT2D eigenvalue weighted by Crippen LogP contribution is -1.85. The Morgan fingerprint density at radius 3 is 2.09 bits per heavy atom. The van der Waals surface area contributed by atoms with E-state index in [0.29, 0.717) is 0 Å². The summed E-state index contributed by atoms with van der Waals surface area (Å²) in [5, 5.41) is 0. The van der Waals surface area contributed by atoms with Gasteiger partial charge in [-0.25, -0.2) is 0 Å². The van der Waals surface area contributed by atoms with Crippen LogP contribution in [0.5, 0.6) is 0 Å². The molecular weight excluding hydrogens is 132 g/mol. The molecule has 0 spiro atoms. The minimum atomic E-state index is 0.876. The fraction of sp³-hybridized carbons (Fsp3) is 0.818. The second-order valence-corrected chi connectivity index (χ2v) is 3.61. The number of hydrogen-bond donors (Lipinski definition) is 0.